The monoisotopic (exact) mass is 255 g/mol. The maximum absolute atomic E-state index is 5.54. The van der Waals surface area contributed by atoms with Crippen LogP contribution in [0.5, 0.6) is 11.5 Å². The molecule has 0 spiro atoms. The fraction of sp³-hybridized carbons (Fsp3) is 0. The Morgan fingerprint density at radius 3 is 2.80 bits per heavy atom. The number of halogens is 1. The summed E-state index contributed by atoms with van der Waals surface area (Å²) in [5, 5.41) is 0. The molecule has 2 rings (SSSR count). The van der Waals surface area contributed by atoms with Crippen LogP contribution in [0.2, 0.25) is 0 Å². The molecule has 0 amide bonds. The number of ether oxygens (including phenoxy) is 1. The van der Waals surface area contributed by atoms with Crippen molar-refractivity contribution in [2.45, 2.75) is 0 Å². The summed E-state index contributed by atoms with van der Waals surface area (Å²) < 4.78 is 6.52. The second kappa shape index (κ2) is 5.97. The molecule has 0 fully saturated rings. The number of benzene rings is 1. The van der Waals surface area contributed by atoms with Crippen LogP contribution in [-0.4, -0.2) is 4.98 Å². The molecule has 0 saturated carbocycles. The van der Waals surface area contributed by atoms with E-state index in [4.69, 9.17) is 4.74 Å². The number of rotatable bonds is 2. The summed E-state index contributed by atoms with van der Waals surface area (Å²) in [7, 11) is 0. The molecule has 0 unspecified atom stereocenters. The van der Waals surface area contributed by atoms with Gasteiger partial charge < -0.3 is 9.72 Å². The Labute approximate surface area is 109 Å². The Bertz CT molecular complexity index is 422. The van der Waals surface area contributed by atoms with Gasteiger partial charge in [-0.3, -0.25) is 0 Å². The Morgan fingerprint density at radius 1 is 1.27 bits per heavy atom. The molecule has 0 aliphatic rings. The van der Waals surface area contributed by atoms with E-state index < -0.39 is 0 Å². The summed E-state index contributed by atoms with van der Waals surface area (Å²) in [6.07, 6.45) is 3.24. The van der Waals surface area contributed by atoms with Crippen LogP contribution in [0.4, 0.5) is 0 Å². The third kappa shape index (κ3) is 3.71. The van der Waals surface area contributed by atoms with Gasteiger partial charge in [0.25, 0.3) is 0 Å². The van der Waals surface area contributed by atoms with Crippen LogP contribution in [0.1, 0.15) is 0 Å². The molecule has 4 heteroatoms. The standard InChI is InChI=1S/C11H7BrNO.Li/c12-9-3-1-4-10(7-9)14-11-5-2-6-13-8-11;/h1,3-8H;/q-1;+1. The Hall–Kier alpha value is -0.753. The molecule has 0 radical (unpaired) electrons. The van der Waals surface area contributed by atoms with Crippen molar-refractivity contribution in [3.63, 3.8) is 0 Å². The molecule has 0 bridgehead atoms. The first kappa shape index (κ1) is 12.3. The van der Waals surface area contributed by atoms with Crippen LogP contribution in [0.3, 0.4) is 0 Å². The molecule has 1 aromatic heterocycles. The van der Waals surface area contributed by atoms with Crippen molar-refractivity contribution >= 4 is 15.9 Å². The molecule has 1 heterocycles. The molecular weight excluding hydrogens is 249 g/mol. The molecule has 0 aliphatic carbocycles. The van der Waals surface area contributed by atoms with E-state index in [-0.39, 0.29) is 18.9 Å². The summed E-state index contributed by atoms with van der Waals surface area (Å²) in [6, 6.07) is 12.2. The van der Waals surface area contributed by atoms with Crippen molar-refractivity contribution in [3.05, 3.63) is 53.3 Å². The van der Waals surface area contributed by atoms with E-state index in [1.165, 1.54) is 0 Å². The topological polar surface area (TPSA) is 22.1 Å². The van der Waals surface area contributed by atoms with Crippen molar-refractivity contribution in [1.82, 2.24) is 4.98 Å². The predicted octanol–water partition coefficient (Wildman–Crippen LogP) is 0.441. The number of nitrogens with zero attached hydrogens (tertiary/aromatic N) is 1. The Balaban J connectivity index is 0.00000112. The smallest absolute Gasteiger partial charge is 0.544 e. The maximum Gasteiger partial charge on any atom is 1.00 e. The van der Waals surface area contributed by atoms with E-state index in [1.54, 1.807) is 18.5 Å². The molecule has 0 saturated heterocycles. The van der Waals surface area contributed by atoms with Crippen LogP contribution in [-0.2, 0) is 0 Å². The number of pyridine rings is 1. The van der Waals surface area contributed by atoms with Gasteiger partial charge in [-0.2, -0.15) is 6.07 Å². The van der Waals surface area contributed by atoms with Gasteiger partial charge >= 0.3 is 18.9 Å². The summed E-state index contributed by atoms with van der Waals surface area (Å²) >= 11 is 3.37. The molecular formula is C11H7BrLiNO. The third-order valence-corrected chi connectivity index (χ3v) is 2.10. The van der Waals surface area contributed by atoms with Crippen LogP contribution < -0.4 is 23.6 Å². The van der Waals surface area contributed by atoms with Crippen molar-refractivity contribution in [2.75, 3.05) is 0 Å². The third-order valence-electron chi connectivity index (χ3n) is 1.61. The summed E-state index contributed by atoms with van der Waals surface area (Å²) in [4.78, 5) is 3.91. The normalized spacial score (nSPS) is 9.13. The molecule has 0 atom stereocenters. The van der Waals surface area contributed by atoms with Crippen LogP contribution >= 0.6 is 15.9 Å². The van der Waals surface area contributed by atoms with Crippen molar-refractivity contribution in [3.8, 4) is 11.5 Å². The second-order valence-corrected chi connectivity index (χ2v) is 3.60. The molecule has 2 nitrogen and oxygen atoms in total. The fourth-order valence-corrected chi connectivity index (χ4v) is 1.41. The van der Waals surface area contributed by atoms with E-state index >= 15 is 0 Å². The number of hydrogen-bond donors (Lipinski definition) is 0. The van der Waals surface area contributed by atoms with Crippen LogP contribution in [0.15, 0.2) is 47.2 Å². The van der Waals surface area contributed by atoms with Gasteiger partial charge in [0.1, 0.15) is 5.75 Å². The van der Waals surface area contributed by atoms with Gasteiger partial charge in [0.2, 0.25) is 0 Å². The van der Waals surface area contributed by atoms with Crippen molar-refractivity contribution in [1.29, 1.82) is 0 Å². The largest absolute Gasteiger partial charge is 1.00 e. The summed E-state index contributed by atoms with van der Waals surface area (Å²) in [6.45, 7) is 0. The SMILES string of the molecule is Brc1cccc(Oc2c[c-]cnc2)c1.[Li+]. The van der Waals surface area contributed by atoms with Gasteiger partial charge in [-0.1, -0.05) is 28.2 Å². The number of aromatic nitrogens is 1. The van der Waals surface area contributed by atoms with Crippen LogP contribution in [0.25, 0.3) is 0 Å². The molecule has 15 heavy (non-hydrogen) atoms. The molecule has 0 N–H and O–H groups in total. The van der Waals surface area contributed by atoms with E-state index in [0.29, 0.717) is 5.75 Å². The van der Waals surface area contributed by atoms with Gasteiger partial charge in [-0.05, 0) is 30.1 Å². The van der Waals surface area contributed by atoms with Gasteiger partial charge in [0.05, 0.1) is 0 Å². The zero-order chi connectivity index (χ0) is 9.80. The first-order chi connectivity index (χ1) is 6.84. The Kier molecular flexibility index (Phi) is 4.90. The molecule has 70 valence electrons. The maximum atomic E-state index is 5.54. The first-order valence-electron chi connectivity index (χ1n) is 4.09. The fourth-order valence-electron chi connectivity index (χ4n) is 1.03. The van der Waals surface area contributed by atoms with Crippen LogP contribution in [0, 0.1) is 6.07 Å². The minimum atomic E-state index is 0. The van der Waals surface area contributed by atoms with E-state index in [1.807, 2.05) is 24.3 Å². The minimum absolute atomic E-state index is 0. The van der Waals surface area contributed by atoms with Gasteiger partial charge in [-0.25, -0.2) is 6.07 Å². The van der Waals surface area contributed by atoms with E-state index in [2.05, 4.69) is 27.0 Å². The minimum Gasteiger partial charge on any atom is -0.544 e. The van der Waals surface area contributed by atoms with Gasteiger partial charge in [0.15, 0.2) is 0 Å². The van der Waals surface area contributed by atoms with Gasteiger partial charge in [0, 0.05) is 4.47 Å². The molecule has 0 aliphatic heterocycles. The summed E-state index contributed by atoms with van der Waals surface area (Å²) in [5.74, 6) is 1.46. The van der Waals surface area contributed by atoms with Crippen molar-refractivity contribution < 1.29 is 23.6 Å². The van der Waals surface area contributed by atoms with Gasteiger partial charge in [-0.15, -0.1) is 0 Å². The average molecular weight is 256 g/mol. The molecule has 2 aromatic rings. The second-order valence-electron chi connectivity index (χ2n) is 2.68. The van der Waals surface area contributed by atoms with E-state index in [0.717, 1.165) is 10.2 Å². The van der Waals surface area contributed by atoms with Crippen molar-refractivity contribution in [2.24, 2.45) is 0 Å². The predicted molar refractivity (Wildman–Crippen MR) is 57.3 cm³/mol. The van der Waals surface area contributed by atoms with E-state index in [9.17, 15) is 0 Å². The zero-order valence-corrected chi connectivity index (χ0v) is 9.86. The average Bonchev–Trinajstić information content (AvgIpc) is 2.19. The summed E-state index contributed by atoms with van der Waals surface area (Å²) in [5.41, 5.74) is 0. The number of hydrogen-bond acceptors (Lipinski definition) is 2. The zero-order valence-electron chi connectivity index (χ0n) is 8.27. The first-order valence-corrected chi connectivity index (χ1v) is 4.88. The quantitative estimate of drug-likeness (QED) is 0.574. The Morgan fingerprint density at radius 2 is 2.13 bits per heavy atom. The molecule has 1 aromatic carbocycles.